The van der Waals surface area contributed by atoms with Crippen LogP contribution in [0.4, 0.5) is 0 Å². The Hall–Kier alpha value is -0.380. The molecular formula is C7H15NO2. The zero-order valence-electron chi connectivity index (χ0n) is 6.20. The van der Waals surface area contributed by atoms with Crippen molar-refractivity contribution in [1.82, 2.24) is 0 Å². The summed E-state index contributed by atoms with van der Waals surface area (Å²) >= 11 is 0. The predicted molar refractivity (Wildman–Crippen MR) is 40.5 cm³/mol. The molecule has 0 rings (SSSR count). The largest absolute Gasteiger partial charge is 0.396 e. The van der Waals surface area contributed by atoms with Crippen LogP contribution in [0.3, 0.4) is 0 Å². The minimum Gasteiger partial charge on any atom is -0.396 e. The second-order valence-electron chi connectivity index (χ2n) is 2.31. The van der Waals surface area contributed by atoms with E-state index in [0.29, 0.717) is 6.54 Å². The first-order chi connectivity index (χ1) is 4.72. The zero-order valence-corrected chi connectivity index (χ0v) is 6.20. The van der Waals surface area contributed by atoms with Gasteiger partial charge in [-0.2, -0.15) is 0 Å². The Bertz CT molecular complexity index is 104. The molecule has 0 heterocycles. The Kier molecular flexibility index (Phi) is 5.20. The van der Waals surface area contributed by atoms with Gasteiger partial charge in [-0.15, -0.1) is 0 Å². The van der Waals surface area contributed by atoms with Gasteiger partial charge in [-0.1, -0.05) is 19.1 Å². The van der Waals surface area contributed by atoms with E-state index in [1.165, 1.54) is 0 Å². The lowest BCUT2D eigenvalue weighted by atomic mass is 10.1. The molecular weight excluding hydrogens is 130 g/mol. The van der Waals surface area contributed by atoms with E-state index in [2.05, 4.69) is 0 Å². The highest BCUT2D eigenvalue weighted by Crippen LogP contribution is 2.01. The molecule has 0 radical (unpaired) electrons. The van der Waals surface area contributed by atoms with Crippen molar-refractivity contribution in [3.63, 3.8) is 0 Å². The molecule has 0 aromatic rings. The molecule has 60 valence electrons. The van der Waals surface area contributed by atoms with E-state index >= 15 is 0 Å². The summed E-state index contributed by atoms with van der Waals surface area (Å²) in [5.41, 5.74) is 5.16. The van der Waals surface area contributed by atoms with Crippen LogP contribution in [0.25, 0.3) is 0 Å². The molecule has 0 aliphatic carbocycles. The van der Waals surface area contributed by atoms with Crippen molar-refractivity contribution >= 4 is 0 Å². The number of nitrogens with two attached hydrogens (primary N) is 1. The third-order valence-corrected chi connectivity index (χ3v) is 1.34. The highest BCUT2D eigenvalue weighted by molar-refractivity contribution is 4.91. The Labute approximate surface area is 61.2 Å². The summed E-state index contributed by atoms with van der Waals surface area (Å²) in [6.45, 7) is 2.19. The molecule has 0 aliphatic heterocycles. The lowest BCUT2D eigenvalue weighted by molar-refractivity contribution is 0.111. The Morgan fingerprint density at radius 1 is 1.60 bits per heavy atom. The first kappa shape index (κ1) is 9.62. The third kappa shape index (κ3) is 3.61. The fourth-order valence-electron chi connectivity index (χ4n) is 0.516. The van der Waals surface area contributed by atoms with Crippen LogP contribution in [-0.2, 0) is 0 Å². The summed E-state index contributed by atoms with van der Waals surface area (Å²) in [4.78, 5) is 0. The van der Waals surface area contributed by atoms with Gasteiger partial charge in [0.25, 0.3) is 0 Å². The molecule has 0 amide bonds. The van der Waals surface area contributed by atoms with Crippen molar-refractivity contribution in [3.05, 3.63) is 12.2 Å². The van der Waals surface area contributed by atoms with E-state index in [1.807, 2.05) is 0 Å². The summed E-state index contributed by atoms with van der Waals surface area (Å²) in [5, 5.41) is 17.7. The van der Waals surface area contributed by atoms with Crippen LogP contribution in [-0.4, -0.2) is 29.5 Å². The minimum absolute atomic E-state index is 0.00389. The number of rotatable bonds is 4. The molecule has 3 nitrogen and oxygen atoms in total. The van der Waals surface area contributed by atoms with Gasteiger partial charge in [0.1, 0.15) is 0 Å². The van der Waals surface area contributed by atoms with Gasteiger partial charge in [-0.3, -0.25) is 0 Å². The Morgan fingerprint density at radius 3 is 2.60 bits per heavy atom. The number of hydrogen-bond donors (Lipinski definition) is 3. The number of aliphatic hydroxyl groups excluding tert-OH is 2. The lowest BCUT2D eigenvalue weighted by Crippen LogP contribution is -2.18. The van der Waals surface area contributed by atoms with E-state index in [4.69, 9.17) is 15.9 Å². The van der Waals surface area contributed by atoms with Gasteiger partial charge >= 0.3 is 0 Å². The number of aliphatic hydroxyl groups is 2. The first-order valence-corrected chi connectivity index (χ1v) is 3.38. The summed E-state index contributed by atoms with van der Waals surface area (Å²) in [6.07, 6.45) is 2.70. The molecule has 0 aromatic heterocycles. The van der Waals surface area contributed by atoms with Gasteiger partial charge in [0, 0.05) is 19.1 Å². The van der Waals surface area contributed by atoms with Crippen LogP contribution < -0.4 is 5.73 Å². The first-order valence-electron chi connectivity index (χ1n) is 3.38. The van der Waals surface area contributed by atoms with Crippen LogP contribution in [0.5, 0.6) is 0 Å². The van der Waals surface area contributed by atoms with E-state index in [1.54, 1.807) is 19.1 Å². The monoisotopic (exact) mass is 145 g/mol. The van der Waals surface area contributed by atoms with Gasteiger partial charge in [0.15, 0.2) is 0 Å². The van der Waals surface area contributed by atoms with Gasteiger partial charge < -0.3 is 15.9 Å². The van der Waals surface area contributed by atoms with Crippen molar-refractivity contribution in [1.29, 1.82) is 0 Å². The van der Waals surface area contributed by atoms with Crippen LogP contribution >= 0.6 is 0 Å². The predicted octanol–water partition coefficient (Wildman–Crippen LogP) is -0.509. The summed E-state index contributed by atoms with van der Waals surface area (Å²) in [5.74, 6) is -0.109. The summed E-state index contributed by atoms with van der Waals surface area (Å²) < 4.78 is 0. The molecule has 0 spiro atoms. The quantitative estimate of drug-likeness (QED) is 0.467. The fraction of sp³-hybridized carbons (Fsp3) is 0.714. The molecule has 10 heavy (non-hydrogen) atoms. The molecule has 0 bridgehead atoms. The van der Waals surface area contributed by atoms with Crippen LogP contribution in [0.1, 0.15) is 6.92 Å². The van der Waals surface area contributed by atoms with E-state index in [0.717, 1.165) is 0 Å². The molecule has 0 unspecified atom stereocenters. The van der Waals surface area contributed by atoms with Crippen molar-refractivity contribution in [3.8, 4) is 0 Å². The Morgan fingerprint density at radius 2 is 2.20 bits per heavy atom. The van der Waals surface area contributed by atoms with Gasteiger partial charge in [-0.05, 0) is 0 Å². The highest BCUT2D eigenvalue weighted by atomic mass is 16.3. The lowest BCUT2D eigenvalue weighted by Gasteiger charge is -2.11. The van der Waals surface area contributed by atoms with Gasteiger partial charge in [0.2, 0.25) is 0 Å². The second-order valence-corrected chi connectivity index (χ2v) is 2.31. The van der Waals surface area contributed by atoms with Crippen molar-refractivity contribution in [2.75, 3.05) is 13.2 Å². The standard InChI is InChI=1S/C7H15NO2/c1-6(5-9)7(10)3-2-4-8/h2-3,6-7,9-10H,4-5,8H2,1H3/b3-2+/t6-,7+/m0/s1. The van der Waals surface area contributed by atoms with E-state index in [9.17, 15) is 0 Å². The van der Waals surface area contributed by atoms with Crippen LogP contribution in [0.2, 0.25) is 0 Å². The highest BCUT2D eigenvalue weighted by Gasteiger charge is 2.07. The molecule has 0 aromatic carbocycles. The molecule has 3 heteroatoms. The topological polar surface area (TPSA) is 66.5 Å². The molecule has 2 atom stereocenters. The van der Waals surface area contributed by atoms with Gasteiger partial charge in [0.05, 0.1) is 6.10 Å². The average Bonchev–Trinajstić information content (AvgIpc) is 1.98. The zero-order chi connectivity index (χ0) is 7.98. The third-order valence-electron chi connectivity index (χ3n) is 1.34. The van der Waals surface area contributed by atoms with E-state index in [-0.39, 0.29) is 12.5 Å². The van der Waals surface area contributed by atoms with Gasteiger partial charge in [-0.25, -0.2) is 0 Å². The SMILES string of the molecule is C[C@@H](CO)[C@H](O)/C=C/CN. The maximum Gasteiger partial charge on any atom is 0.0768 e. The number of hydrogen-bond acceptors (Lipinski definition) is 3. The fourth-order valence-corrected chi connectivity index (χ4v) is 0.516. The van der Waals surface area contributed by atoms with Crippen LogP contribution in [0, 0.1) is 5.92 Å². The molecule has 0 saturated carbocycles. The van der Waals surface area contributed by atoms with E-state index < -0.39 is 6.10 Å². The maximum absolute atomic E-state index is 9.15. The summed E-state index contributed by atoms with van der Waals surface area (Å²) in [6, 6.07) is 0. The Balaban J connectivity index is 3.60. The molecule has 0 saturated heterocycles. The van der Waals surface area contributed by atoms with Crippen LogP contribution in [0.15, 0.2) is 12.2 Å². The maximum atomic E-state index is 9.15. The second kappa shape index (κ2) is 5.41. The average molecular weight is 145 g/mol. The normalized spacial score (nSPS) is 17.6. The summed E-state index contributed by atoms with van der Waals surface area (Å²) in [7, 11) is 0. The molecule has 0 fully saturated rings. The smallest absolute Gasteiger partial charge is 0.0768 e. The molecule has 4 N–H and O–H groups in total. The molecule has 0 aliphatic rings. The van der Waals surface area contributed by atoms with Crippen molar-refractivity contribution < 1.29 is 10.2 Å². The van der Waals surface area contributed by atoms with Crippen molar-refractivity contribution in [2.45, 2.75) is 13.0 Å². The van der Waals surface area contributed by atoms with Crippen molar-refractivity contribution in [2.24, 2.45) is 11.7 Å². The minimum atomic E-state index is -0.575.